The molecular formula is C9H7FN2. The van der Waals surface area contributed by atoms with Crippen molar-refractivity contribution in [2.75, 3.05) is 0 Å². The van der Waals surface area contributed by atoms with E-state index in [2.05, 4.69) is 9.97 Å². The number of nitrogens with one attached hydrogen (secondary N) is 1. The van der Waals surface area contributed by atoms with Gasteiger partial charge in [0.25, 0.3) is 0 Å². The van der Waals surface area contributed by atoms with Crippen LogP contribution in [0.4, 0.5) is 4.39 Å². The Morgan fingerprint density at radius 3 is 2.75 bits per heavy atom. The first-order valence-corrected chi connectivity index (χ1v) is 3.62. The summed E-state index contributed by atoms with van der Waals surface area (Å²) in [7, 11) is 0. The number of rotatable bonds is 1. The van der Waals surface area contributed by atoms with Gasteiger partial charge in [-0.2, -0.15) is 4.39 Å². The topological polar surface area (TPSA) is 28.7 Å². The van der Waals surface area contributed by atoms with Crippen molar-refractivity contribution in [2.45, 2.75) is 0 Å². The number of aromatic nitrogens is 2. The fourth-order valence-corrected chi connectivity index (χ4v) is 1.05. The van der Waals surface area contributed by atoms with Gasteiger partial charge >= 0.3 is 0 Å². The second-order valence-electron chi connectivity index (χ2n) is 2.43. The summed E-state index contributed by atoms with van der Waals surface area (Å²) in [5.74, 6) is -0.456. The lowest BCUT2D eigenvalue weighted by Gasteiger charge is -1.95. The fourth-order valence-electron chi connectivity index (χ4n) is 1.05. The van der Waals surface area contributed by atoms with Gasteiger partial charge in [-0.05, 0) is 24.3 Å². The van der Waals surface area contributed by atoms with E-state index in [9.17, 15) is 4.39 Å². The molecule has 0 saturated heterocycles. The fraction of sp³-hybridized carbons (Fsp3) is 0. The molecule has 0 fully saturated rings. The first-order chi connectivity index (χ1) is 5.86. The van der Waals surface area contributed by atoms with E-state index in [1.807, 2.05) is 12.1 Å². The molecule has 3 heteroatoms. The quantitative estimate of drug-likeness (QED) is 0.640. The van der Waals surface area contributed by atoms with Crippen LogP contribution in [0.3, 0.4) is 0 Å². The highest BCUT2D eigenvalue weighted by Crippen LogP contribution is 2.13. The van der Waals surface area contributed by atoms with Gasteiger partial charge in [0.1, 0.15) is 0 Å². The van der Waals surface area contributed by atoms with E-state index in [-0.39, 0.29) is 0 Å². The summed E-state index contributed by atoms with van der Waals surface area (Å²) < 4.78 is 12.6. The minimum absolute atomic E-state index is 0.456. The van der Waals surface area contributed by atoms with Gasteiger partial charge in [-0.25, -0.2) is 4.98 Å². The van der Waals surface area contributed by atoms with Crippen molar-refractivity contribution < 1.29 is 4.39 Å². The normalized spacial score (nSPS) is 10.1. The maximum atomic E-state index is 12.6. The third-order valence-corrected chi connectivity index (χ3v) is 1.59. The molecule has 0 spiro atoms. The van der Waals surface area contributed by atoms with E-state index in [1.54, 1.807) is 18.3 Å². The predicted octanol–water partition coefficient (Wildman–Crippen LogP) is 2.22. The van der Waals surface area contributed by atoms with Gasteiger partial charge in [0.2, 0.25) is 5.95 Å². The van der Waals surface area contributed by atoms with Gasteiger partial charge in [0.15, 0.2) is 0 Å². The molecule has 0 saturated carbocycles. The number of H-pyrrole nitrogens is 1. The molecule has 2 rings (SSSR count). The summed E-state index contributed by atoms with van der Waals surface area (Å²) in [6.07, 6.45) is 1.78. The zero-order chi connectivity index (χ0) is 8.39. The van der Waals surface area contributed by atoms with Crippen molar-refractivity contribution in [2.24, 2.45) is 0 Å². The molecule has 0 aromatic carbocycles. The maximum absolute atomic E-state index is 12.6. The summed E-state index contributed by atoms with van der Waals surface area (Å²) in [4.78, 5) is 6.67. The highest BCUT2D eigenvalue weighted by atomic mass is 19.1. The predicted molar refractivity (Wildman–Crippen MR) is 44.0 cm³/mol. The van der Waals surface area contributed by atoms with Crippen molar-refractivity contribution in [3.8, 4) is 11.4 Å². The van der Waals surface area contributed by atoms with Crippen LogP contribution in [0, 0.1) is 5.95 Å². The molecule has 0 radical (unpaired) electrons. The smallest absolute Gasteiger partial charge is 0.213 e. The molecule has 2 nitrogen and oxygen atoms in total. The Kier molecular flexibility index (Phi) is 1.63. The maximum Gasteiger partial charge on any atom is 0.213 e. The molecule has 0 aliphatic rings. The largest absolute Gasteiger partial charge is 0.360 e. The van der Waals surface area contributed by atoms with Crippen molar-refractivity contribution in [1.82, 2.24) is 9.97 Å². The highest BCUT2D eigenvalue weighted by Gasteiger charge is 1.99. The Labute approximate surface area is 69.1 Å². The van der Waals surface area contributed by atoms with Crippen LogP contribution >= 0.6 is 0 Å². The first-order valence-electron chi connectivity index (χ1n) is 3.62. The number of pyridine rings is 1. The Hall–Kier alpha value is -1.64. The molecule has 2 heterocycles. The summed E-state index contributed by atoms with van der Waals surface area (Å²) in [6, 6.07) is 8.42. The Bertz CT molecular complexity index is 368. The Morgan fingerprint density at radius 2 is 2.08 bits per heavy atom. The van der Waals surface area contributed by atoms with Crippen LogP contribution in [-0.2, 0) is 0 Å². The van der Waals surface area contributed by atoms with Gasteiger partial charge in [-0.15, -0.1) is 0 Å². The highest BCUT2D eigenvalue weighted by molar-refractivity contribution is 5.53. The molecule has 0 bridgehead atoms. The van der Waals surface area contributed by atoms with E-state index < -0.39 is 5.95 Å². The molecule has 0 atom stereocenters. The van der Waals surface area contributed by atoms with Crippen LogP contribution in [0.15, 0.2) is 36.5 Å². The van der Waals surface area contributed by atoms with Gasteiger partial charge in [0, 0.05) is 6.20 Å². The number of hydrogen-bond acceptors (Lipinski definition) is 1. The van der Waals surface area contributed by atoms with Crippen LogP contribution in [-0.4, -0.2) is 9.97 Å². The minimum Gasteiger partial charge on any atom is -0.360 e. The summed E-state index contributed by atoms with van der Waals surface area (Å²) in [5.41, 5.74) is 1.45. The second kappa shape index (κ2) is 2.77. The molecule has 1 N–H and O–H groups in total. The molecule has 12 heavy (non-hydrogen) atoms. The monoisotopic (exact) mass is 162 g/mol. The average molecular weight is 162 g/mol. The van der Waals surface area contributed by atoms with Crippen LogP contribution < -0.4 is 0 Å². The van der Waals surface area contributed by atoms with Crippen molar-refractivity contribution in [3.05, 3.63) is 42.5 Å². The van der Waals surface area contributed by atoms with E-state index in [1.165, 1.54) is 6.07 Å². The lowest BCUT2D eigenvalue weighted by Crippen LogP contribution is -1.85. The lowest BCUT2D eigenvalue weighted by atomic mass is 10.3. The van der Waals surface area contributed by atoms with E-state index in [4.69, 9.17) is 0 Å². The number of aromatic amines is 1. The standard InChI is InChI=1S/C9H7FN2/c10-9-5-1-3-8(12-9)7-4-2-6-11-7/h1-6,11H. The zero-order valence-corrected chi connectivity index (χ0v) is 6.29. The SMILES string of the molecule is Fc1cccc(-c2ccc[nH]2)n1. The first kappa shape index (κ1) is 7.03. The molecule has 0 aliphatic carbocycles. The second-order valence-corrected chi connectivity index (χ2v) is 2.43. The van der Waals surface area contributed by atoms with Gasteiger partial charge < -0.3 is 4.98 Å². The molecule has 60 valence electrons. The van der Waals surface area contributed by atoms with Crippen molar-refractivity contribution >= 4 is 0 Å². The lowest BCUT2D eigenvalue weighted by molar-refractivity contribution is 0.585. The minimum atomic E-state index is -0.456. The van der Waals surface area contributed by atoms with E-state index >= 15 is 0 Å². The summed E-state index contributed by atoms with van der Waals surface area (Å²) in [6.45, 7) is 0. The molecule has 0 aliphatic heterocycles. The number of halogens is 1. The molecular weight excluding hydrogens is 155 g/mol. The third-order valence-electron chi connectivity index (χ3n) is 1.59. The van der Waals surface area contributed by atoms with Gasteiger partial charge in [-0.3, -0.25) is 0 Å². The Balaban J connectivity index is 2.48. The molecule has 0 unspecified atom stereocenters. The third kappa shape index (κ3) is 1.21. The molecule has 2 aromatic heterocycles. The molecule has 0 amide bonds. The van der Waals surface area contributed by atoms with Gasteiger partial charge in [-0.1, -0.05) is 6.07 Å². The van der Waals surface area contributed by atoms with Crippen LogP contribution in [0.5, 0.6) is 0 Å². The van der Waals surface area contributed by atoms with E-state index in [0.717, 1.165) is 5.69 Å². The van der Waals surface area contributed by atoms with Crippen LogP contribution in [0.25, 0.3) is 11.4 Å². The summed E-state index contributed by atoms with van der Waals surface area (Å²) in [5, 5.41) is 0. The van der Waals surface area contributed by atoms with Gasteiger partial charge in [0.05, 0.1) is 11.4 Å². The van der Waals surface area contributed by atoms with E-state index in [0.29, 0.717) is 5.69 Å². The summed E-state index contributed by atoms with van der Waals surface area (Å²) >= 11 is 0. The van der Waals surface area contributed by atoms with Crippen molar-refractivity contribution in [3.63, 3.8) is 0 Å². The molecule has 2 aromatic rings. The van der Waals surface area contributed by atoms with Crippen molar-refractivity contribution in [1.29, 1.82) is 0 Å². The Morgan fingerprint density at radius 1 is 1.17 bits per heavy atom. The van der Waals surface area contributed by atoms with Crippen LogP contribution in [0.1, 0.15) is 0 Å². The average Bonchev–Trinajstić information content (AvgIpc) is 2.56. The van der Waals surface area contributed by atoms with Crippen LogP contribution in [0.2, 0.25) is 0 Å². The number of nitrogens with zero attached hydrogens (tertiary/aromatic N) is 1. The number of hydrogen-bond donors (Lipinski definition) is 1. The zero-order valence-electron chi connectivity index (χ0n) is 6.29.